The Morgan fingerprint density at radius 3 is 2.43 bits per heavy atom. The molecule has 2 aromatic carbocycles. The Balaban J connectivity index is 1.84. The monoisotopic (exact) mass is 418 g/mol. The first kappa shape index (κ1) is 20.0. The molecule has 3 aromatic rings. The van der Waals surface area contributed by atoms with E-state index >= 15 is 0 Å². The Labute approximate surface area is 172 Å². The molecule has 0 spiro atoms. The van der Waals surface area contributed by atoms with E-state index in [1.54, 1.807) is 41.5 Å². The van der Waals surface area contributed by atoms with Gasteiger partial charge in [-0.1, -0.05) is 47.5 Å². The minimum atomic E-state index is -0.673. The quantitative estimate of drug-likeness (QED) is 0.651. The Kier molecular flexibility index (Phi) is 5.82. The SMILES string of the molecule is Cc1c(NC(C)C(=O)Nc2cccc(Cl)c2Cl)c(=O)n(-c2ccccc2)n1C. The van der Waals surface area contributed by atoms with Gasteiger partial charge in [0.05, 0.1) is 27.1 Å². The van der Waals surface area contributed by atoms with Crippen molar-refractivity contribution < 1.29 is 4.79 Å². The maximum Gasteiger partial charge on any atom is 0.295 e. The smallest absolute Gasteiger partial charge is 0.295 e. The number of anilines is 2. The zero-order valence-electron chi connectivity index (χ0n) is 15.7. The van der Waals surface area contributed by atoms with E-state index in [4.69, 9.17) is 23.2 Å². The number of halogens is 2. The van der Waals surface area contributed by atoms with Gasteiger partial charge in [0, 0.05) is 7.05 Å². The molecular formula is C20H20Cl2N4O2. The van der Waals surface area contributed by atoms with Crippen LogP contribution in [0.2, 0.25) is 10.0 Å². The summed E-state index contributed by atoms with van der Waals surface area (Å²) in [4.78, 5) is 25.5. The number of carbonyl (C=O) groups is 1. The summed E-state index contributed by atoms with van der Waals surface area (Å²) in [5.74, 6) is -0.335. The highest BCUT2D eigenvalue weighted by Gasteiger charge is 2.21. The number of nitrogens with zero attached hydrogens (tertiary/aromatic N) is 2. The van der Waals surface area contributed by atoms with E-state index in [2.05, 4.69) is 10.6 Å². The summed E-state index contributed by atoms with van der Waals surface area (Å²) >= 11 is 12.1. The second-order valence-electron chi connectivity index (χ2n) is 6.39. The Bertz CT molecular complexity index is 1070. The Hall–Kier alpha value is -2.70. The molecule has 6 nitrogen and oxygen atoms in total. The van der Waals surface area contributed by atoms with Gasteiger partial charge in [-0.15, -0.1) is 0 Å². The average molecular weight is 419 g/mol. The van der Waals surface area contributed by atoms with Gasteiger partial charge in [-0.25, -0.2) is 4.68 Å². The fourth-order valence-corrected chi connectivity index (χ4v) is 3.21. The zero-order chi connectivity index (χ0) is 20.4. The van der Waals surface area contributed by atoms with E-state index < -0.39 is 6.04 Å². The third kappa shape index (κ3) is 3.79. The van der Waals surface area contributed by atoms with Crippen LogP contribution < -0.4 is 16.2 Å². The number of carbonyl (C=O) groups excluding carboxylic acids is 1. The summed E-state index contributed by atoms with van der Waals surface area (Å²) in [6.45, 7) is 3.49. The molecule has 1 atom stereocenters. The van der Waals surface area contributed by atoms with Crippen molar-refractivity contribution in [2.45, 2.75) is 19.9 Å². The molecule has 1 heterocycles. The second kappa shape index (κ2) is 8.12. The van der Waals surface area contributed by atoms with Crippen LogP contribution in [-0.2, 0) is 11.8 Å². The van der Waals surface area contributed by atoms with Gasteiger partial charge in [0.15, 0.2) is 0 Å². The van der Waals surface area contributed by atoms with E-state index in [1.807, 2.05) is 37.3 Å². The highest BCUT2D eigenvalue weighted by atomic mass is 35.5. The zero-order valence-corrected chi connectivity index (χ0v) is 17.2. The van der Waals surface area contributed by atoms with Crippen LogP contribution >= 0.6 is 23.2 Å². The fraction of sp³-hybridized carbons (Fsp3) is 0.200. The van der Waals surface area contributed by atoms with Crippen LogP contribution in [0.15, 0.2) is 53.3 Å². The van der Waals surface area contributed by atoms with E-state index in [-0.39, 0.29) is 16.5 Å². The van der Waals surface area contributed by atoms with Crippen LogP contribution in [0.5, 0.6) is 0 Å². The topological polar surface area (TPSA) is 68.1 Å². The molecule has 0 radical (unpaired) electrons. The van der Waals surface area contributed by atoms with E-state index in [9.17, 15) is 9.59 Å². The van der Waals surface area contributed by atoms with Gasteiger partial charge in [0.1, 0.15) is 11.7 Å². The summed E-state index contributed by atoms with van der Waals surface area (Å²) in [6, 6.07) is 13.6. The number of para-hydroxylation sites is 1. The number of nitrogens with one attached hydrogen (secondary N) is 2. The summed E-state index contributed by atoms with van der Waals surface area (Å²) < 4.78 is 3.30. The Morgan fingerprint density at radius 2 is 1.75 bits per heavy atom. The van der Waals surface area contributed by atoms with Crippen molar-refractivity contribution in [3.8, 4) is 5.69 Å². The predicted octanol–water partition coefficient (Wildman–Crippen LogP) is 4.23. The minimum Gasteiger partial charge on any atom is -0.368 e. The lowest BCUT2D eigenvalue weighted by molar-refractivity contribution is -0.116. The lowest BCUT2D eigenvalue weighted by Crippen LogP contribution is -2.34. The molecule has 0 aliphatic carbocycles. The maximum atomic E-state index is 12.9. The van der Waals surface area contributed by atoms with Crippen molar-refractivity contribution in [3.63, 3.8) is 0 Å². The highest BCUT2D eigenvalue weighted by Crippen LogP contribution is 2.29. The molecule has 0 saturated carbocycles. The summed E-state index contributed by atoms with van der Waals surface area (Å²) in [5.41, 5.74) is 2.01. The van der Waals surface area contributed by atoms with Crippen LogP contribution in [0, 0.1) is 6.92 Å². The molecule has 0 aliphatic heterocycles. The van der Waals surface area contributed by atoms with Crippen LogP contribution in [0.1, 0.15) is 12.6 Å². The number of amides is 1. The molecule has 0 aliphatic rings. The van der Waals surface area contributed by atoms with E-state index in [1.165, 1.54) is 0 Å². The van der Waals surface area contributed by atoms with Crippen molar-refractivity contribution in [3.05, 3.63) is 74.6 Å². The van der Waals surface area contributed by atoms with Crippen molar-refractivity contribution in [2.24, 2.45) is 7.05 Å². The van der Waals surface area contributed by atoms with Gasteiger partial charge < -0.3 is 10.6 Å². The van der Waals surface area contributed by atoms with Crippen LogP contribution in [0.3, 0.4) is 0 Å². The fourth-order valence-electron chi connectivity index (χ4n) is 2.86. The van der Waals surface area contributed by atoms with Crippen molar-refractivity contribution in [1.29, 1.82) is 0 Å². The third-order valence-electron chi connectivity index (χ3n) is 4.52. The molecule has 146 valence electrons. The highest BCUT2D eigenvalue weighted by molar-refractivity contribution is 6.44. The van der Waals surface area contributed by atoms with Crippen LogP contribution in [0.25, 0.3) is 5.69 Å². The molecule has 3 rings (SSSR count). The van der Waals surface area contributed by atoms with Crippen LogP contribution in [-0.4, -0.2) is 21.3 Å². The molecule has 28 heavy (non-hydrogen) atoms. The molecular weight excluding hydrogens is 399 g/mol. The van der Waals surface area contributed by atoms with Gasteiger partial charge in [-0.3, -0.25) is 14.3 Å². The molecule has 1 aromatic heterocycles. The largest absolute Gasteiger partial charge is 0.368 e. The number of rotatable bonds is 5. The predicted molar refractivity (Wildman–Crippen MR) is 114 cm³/mol. The van der Waals surface area contributed by atoms with Gasteiger partial charge >= 0.3 is 0 Å². The van der Waals surface area contributed by atoms with Crippen LogP contribution in [0.4, 0.5) is 11.4 Å². The standard InChI is InChI=1S/C20H20Cl2N4O2/c1-12(19(27)24-16-11-7-10-15(21)17(16)22)23-18-13(2)25(3)26(20(18)28)14-8-5-4-6-9-14/h4-12,23H,1-3H3,(H,24,27). The van der Waals surface area contributed by atoms with E-state index in [0.717, 1.165) is 5.69 Å². The second-order valence-corrected chi connectivity index (χ2v) is 7.18. The molecule has 8 heteroatoms. The number of hydrogen-bond acceptors (Lipinski definition) is 3. The van der Waals surface area contributed by atoms with Crippen molar-refractivity contribution in [1.82, 2.24) is 9.36 Å². The van der Waals surface area contributed by atoms with Gasteiger partial charge in [-0.2, -0.15) is 0 Å². The molecule has 1 amide bonds. The van der Waals surface area contributed by atoms with Gasteiger partial charge in [-0.05, 0) is 38.1 Å². The maximum absolute atomic E-state index is 12.9. The van der Waals surface area contributed by atoms with Crippen molar-refractivity contribution >= 4 is 40.5 Å². The summed E-state index contributed by atoms with van der Waals surface area (Å²) in [5, 5.41) is 6.37. The lowest BCUT2D eigenvalue weighted by Gasteiger charge is -2.15. The molecule has 1 unspecified atom stereocenters. The lowest BCUT2D eigenvalue weighted by atomic mass is 10.2. The molecule has 0 bridgehead atoms. The van der Waals surface area contributed by atoms with Crippen molar-refractivity contribution in [2.75, 3.05) is 10.6 Å². The first-order chi connectivity index (χ1) is 13.3. The number of hydrogen-bond donors (Lipinski definition) is 2. The Morgan fingerprint density at radius 1 is 1.07 bits per heavy atom. The number of benzene rings is 2. The number of aromatic nitrogens is 2. The molecule has 2 N–H and O–H groups in total. The first-order valence-electron chi connectivity index (χ1n) is 8.66. The van der Waals surface area contributed by atoms with Gasteiger partial charge in [0.2, 0.25) is 5.91 Å². The summed E-state index contributed by atoms with van der Waals surface area (Å²) in [6.07, 6.45) is 0. The molecule has 0 fully saturated rings. The first-order valence-corrected chi connectivity index (χ1v) is 9.42. The third-order valence-corrected chi connectivity index (χ3v) is 5.34. The van der Waals surface area contributed by atoms with Gasteiger partial charge in [0.25, 0.3) is 5.56 Å². The van der Waals surface area contributed by atoms with E-state index in [0.29, 0.717) is 22.1 Å². The normalized spacial score (nSPS) is 11.9. The summed E-state index contributed by atoms with van der Waals surface area (Å²) in [7, 11) is 1.80. The average Bonchev–Trinajstić information content (AvgIpc) is 2.89. The molecule has 0 saturated heterocycles. The minimum absolute atomic E-state index is 0.230.